The fraction of sp³-hybridized carbons (Fsp3) is 1.00. The SMILES string of the molecule is F[C@@H]1CC[C@H]1Cl. The Morgan fingerprint density at radius 3 is 2.00 bits per heavy atom. The Hall–Kier alpha value is 0.220. The van der Waals surface area contributed by atoms with Crippen LogP contribution in [-0.2, 0) is 0 Å². The second-order valence-electron chi connectivity index (χ2n) is 1.61. The molecule has 0 saturated heterocycles. The van der Waals surface area contributed by atoms with Crippen molar-refractivity contribution < 1.29 is 4.39 Å². The average molecular weight is 109 g/mol. The highest BCUT2D eigenvalue weighted by Gasteiger charge is 2.27. The van der Waals surface area contributed by atoms with Crippen LogP contribution in [0.1, 0.15) is 12.8 Å². The van der Waals surface area contributed by atoms with Gasteiger partial charge in [-0.1, -0.05) is 0 Å². The molecule has 0 aliphatic heterocycles. The molecule has 0 amide bonds. The van der Waals surface area contributed by atoms with Gasteiger partial charge in [0.05, 0.1) is 5.38 Å². The van der Waals surface area contributed by atoms with Gasteiger partial charge >= 0.3 is 0 Å². The van der Waals surface area contributed by atoms with Gasteiger partial charge in [-0.15, -0.1) is 11.6 Å². The summed E-state index contributed by atoms with van der Waals surface area (Å²) in [5.41, 5.74) is 0. The molecular weight excluding hydrogens is 102 g/mol. The molecule has 1 saturated carbocycles. The van der Waals surface area contributed by atoms with Gasteiger partial charge in [-0.25, -0.2) is 4.39 Å². The van der Waals surface area contributed by atoms with Crippen LogP contribution < -0.4 is 0 Å². The van der Waals surface area contributed by atoms with Crippen LogP contribution in [0.5, 0.6) is 0 Å². The van der Waals surface area contributed by atoms with Crippen LogP contribution in [0.2, 0.25) is 0 Å². The van der Waals surface area contributed by atoms with Gasteiger partial charge in [0.1, 0.15) is 6.17 Å². The van der Waals surface area contributed by atoms with Gasteiger partial charge in [-0.3, -0.25) is 0 Å². The molecule has 0 unspecified atom stereocenters. The Bertz CT molecular complexity index is 47.5. The van der Waals surface area contributed by atoms with Crippen LogP contribution in [0.4, 0.5) is 4.39 Å². The van der Waals surface area contributed by atoms with E-state index in [0.717, 1.165) is 6.42 Å². The average Bonchev–Trinajstić information content (AvgIpc) is 1.61. The van der Waals surface area contributed by atoms with E-state index in [1.807, 2.05) is 0 Å². The van der Waals surface area contributed by atoms with Gasteiger partial charge < -0.3 is 0 Å². The summed E-state index contributed by atoms with van der Waals surface area (Å²) in [6, 6.07) is 0. The number of rotatable bonds is 0. The Labute approximate surface area is 41.3 Å². The highest BCUT2D eigenvalue weighted by Crippen LogP contribution is 2.27. The van der Waals surface area contributed by atoms with Crippen LogP contribution in [0, 0.1) is 0 Å². The first-order valence-electron chi connectivity index (χ1n) is 2.09. The van der Waals surface area contributed by atoms with Crippen molar-refractivity contribution in [1.29, 1.82) is 0 Å². The van der Waals surface area contributed by atoms with E-state index < -0.39 is 6.17 Å². The Kier molecular flexibility index (Phi) is 1.00. The van der Waals surface area contributed by atoms with Crippen molar-refractivity contribution in [2.75, 3.05) is 0 Å². The molecule has 1 aliphatic carbocycles. The molecular formula is C4H6ClF. The molecule has 2 heteroatoms. The van der Waals surface area contributed by atoms with Crippen molar-refractivity contribution in [2.45, 2.75) is 24.4 Å². The number of halogens is 2. The predicted molar refractivity (Wildman–Crippen MR) is 23.8 cm³/mol. The van der Waals surface area contributed by atoms with Gasteiger partial charge in [0.15, 0.2) is 0 Å². The third kappa shape index (κ3) is 0.515. The molecule has 1 fully saturated rings. The Morgan fingerprint density at radius 2 is 2.00 bits per heavy atom. The van der Waals surface area contributed by atoms with Crippen LogP contribution in [0.3, 0.4) is 0 Å². The molecule has 6 heavy (non-hydrogen) atoms. The van der Waals surface area contributed by atoms with Crippen LogP contribution in [0.25, 0.3) is 0 Å². The molecule has 0 nitrogen and oxygen atoms in total. The van der Waals surface area contributed by atoms with Gasteiger partial charge in [0, 0.05) is 0 Å². The summed E-state index contributed by atoms with van der Waals surface area (Å²) >= 11 is 5.32. The lowest BCUT2D eigenvalue weighted by Crippen LogP contribution is -2.27. The Balaban J connectivity index is 2.20. The maximum atomic E-state index is 11.8. The summed E-state index contributed by atoms with van der Waals surface area (Å²) in [6.07, 6.45) is 0.836. The standard InChI is InChI=1S/C4H6ClF/c5-3-1-2-4(3)6/h3-4H,1-2H2/t3-,4-/m1/s1. The molecule has 0 bridgehead atoms. The maximum absolute atomic E-state index is 11.8. The topological polar surface area (TPSA) is 0 Å². The summed E-state index contributed by atoms with van der Waals surface area (Å²) in [6.45, 7) is 0. The van der Waals surface area contributed by atoms with Crippen LogP contribution in [-0.4, -0.2) is 11.5 Å². The van der Waals surface area contributed by atoms with Crippen molar-refractivity contribution in [3.8, 4) is 0 Å². The lowest BCUT2D eigenvalue weighted by molar-refractivity contribution is 0.218. The molecule has 0 radical (unpaired) electrons. The van der Waals surface area contributed by atoms with E-state index in [1.165, 1.54) is 0 Å². The van der Waals surface area contributed by atoms with Crippen LogP contribution in [0.15, 0.2) is 0 Å². The summed E-state index contributed by atoms with van der Waals surface area (Å²) in [5, 5.41) is -0.162. The second-order valence-corrected chi connectivity index (χ2v) is 2.17. The predicted octanol–water partition coefficient (Wildman–Crippen LogP) is 1.73. The van der Waals surface area contributed by atoms with E-state index in [0.29, 0.717) is 6.42 Å². The van der Waals surface area contributed by atoms with Crippen molar-refractivity contribution in [3.63, 3.8) is 0 Å². The summed E-state index contributed by atoms with van der Waals surface area (Å²) < 4.78 is 11.8. The van der Waals surface area contributed by atoms with Gasteiger partial charge in [-0.2, -0.15) is 0 Å². The largest absolute Gasteiger partial charge is 0.246 e. The van der Waals surface area contributed by atoms with Crippen molar-refractivity contribution in [2.24, 2.45) is 0 Å². The van der Waals surface area contributed by atoms with Crippen molar-refractivity contribution >= 4 is 11.6 Å². The second kappa shape index (κ2) is 1.38. The third-order valence-electron chi connectivity index (χ3n) is 1.11. The zero-order valence-corrected chi connectivity index (χ0v) is 4.08. The smallest absolute Gasteiger partial charge is 0.116 e. The monoisotopic (exact) mass is 108 g/mol. The zero-order valence-electron chi connectivity index (χ0n) is 3.32. The summed E-state index contributed by atoms with van der Waals surface area (Å²) in [4.78, 5) is 0. The van der Waals surface area contributed by atoms with E-state index in [9.17, 15) is 4.39 Å². The highest BCUT2D eigenvalue weighted by molar-refractivity contribution is 6.21. The van der Waals surface area contributed by atoms with E-state index >= 15 is 0 Å². The molecule has 0 aromatic heterocycles. The molecule has 0 heterocycles. The fourth-order valence-electron chi connectivity index (χ4n) is 0.419. The molecule has 0 N–H and O–H groups in total. The molecule has 0 aromatic carbocycles. The van der Waals surface area contributed by atoms with Gasteiger partial charge in [-0.05, 0) is 12.8 Å². The lowest BCUT2D eigenvalue weighted by Gasteiger charge is -2.23. The molecule has 1 rings (SSSR count). The summed E-state index contributed by atoms with van der Waals surface area (Å²) in [5.74, 6) is 0. The first kappa shape index (κ1) is 4.38. The van der Waals surface area contributed by atoms with E-state index in [2.05, 4.69) is 0 Å². The number of alkyl halides is 2. The minimum Gasteiger partial charge on any atom is -0.246 e. The molecule has 0 aromatic rings. The van der Waals surface area contributed by atoms with Crippen molar-refractivity contribution in [1.82, 2.24) is 0 Å². The van der Waals surface area contributed by atoms with Crippen LogP contribution >= 0.6 is 11.6 Å². The molecule has 0 spiro atoms. The minimum atomic E-state index is -0.702. The highest BCUT2D eigenvalue weighted by atomic mass is 35.5. The van der Waals surface area contributed by atoms with Gasteiger partial charge in [0.2, 0.25) is 0 Å². The van der Waals surface area contributed by atoms with Crippen molar-refractivity contribution in [3.05, 3.63) is 0 Å². The number of hydrogen-bond donors (Lipinski definition) is 0. The normalized spacial score (nSPS) is 45.0. The quantitative estimate of drug-likeness (QED) is 0.415. The molecule has 1 aliphatic rings. The summed E-state index contributed by atoms with van der Waals surface area (Å²) in [7, 11) is 0. The number of hydrogen-bond acceptors (Lipinski definition) is 0. The molecule has 36 valence electrons. The van der Waals surface area contributed by atoms with E-state index in [1.54, 1.807) is 0 Å². The zero-order chi connectivity index (χ0) is 4.57. The Morgan fingerprint density at radius 1 is 1.50 bits per heavy atom. The van der Waals surface area contributed by atoms with E-state index in [-0.39, 0.29) is 5.38 Å². The first-order valence-corrected chi connectivity index (χ1v) is 2.52. The first-order chi connectivity index (χ1) is 2.80. The lowest BCUT2D eigenvalue weighted by atomic mass is 9.97. The maximum Gasteiger partial charge on any atom is 0.116 e. The fourth-order valence-corrected chi connectivity index (χ4v) is 0.671. The van der Waals surface area contributed by atoms with E-state index in [4.69, 9.17) is 11.6 Å². The molecule has 2 atom stereocenters. The third-order valence-corrected chi connectivity index (χ3v) is 1.60. The minimum absolute atomic E-state index is 0.162. The van der Waals surface area contributed by atoms with Gasteiger partial charge in [0.25, 0.3) is 0 Å².